The number of carbonyl (C=O) groups is 1. The molecule has 0 amide bonds. The normalized spacial score (nSPS) is 11.4. The minimum Gasteiger partial charge on any atom is -0.475 e. The average molecular weight is 250 g/mol. The molecular formula is C14H15FO3. The minimum atomic E-state index is -1.15. The Bertz CT molecular complexity index is 611. The van der Waals surface area contributed by atoms with Crippen LogP contribution < -0.4 is 0 Å². The molecule has 3 nitrogen and oxygen atoms in total. The van der Waals surface area contributed by atoms with Gasteiger partial charge in [0.1, 0.15) is 11.4 Å². The lowest BCUT2D eigenvalue weighted by Gasteiger charge is -2.04. The second kappa shape index (κ2) is 4.44. The van der Waals surface area contributed by atoms with Crippen LogP contribution in [0, 0.1) is 18.7 Å². The van der Waals surface area contributed by atoms with Crippen LogP contribution in [0.15, 0.2) is 16.5 Å². The number of rotatable bonds is 3. The first-order valence-corrected chi connectivity index (χ1v) is 5.85. The van der Waals surface area contributed by atoms with E-state index in [-0.39, 0.29) is 11.7 Å². The molecule has 4 heteroatoms. The number of halogens is 1. The molecule has 2 rings (SSSR count). The van der Waals surface area contributed by atoms with Crippen LogP contribution in [0.5, 0.6) is 0 Å². The Balaban J connectivity index is 2.80. The third-order valence-corrected chi connectivity index (χ3v) is 2.89. The van der Waals surface area contributed by atoms with Crippen molar-refractivity contribution in [2.24, 2.45) is 5.92 Å². The number of aryl methyl sites for hydroxylation is 1. The Labute approximate surface area is 104 Å². The van der Waals surface area contributed by atoms with Crippen molar-refractivity contribution in [1.82, 2.24) is 0 Å². The van der Waals surface area contributed by atoms with Crippen molar-refractivity contribution in [2.45, 2.75) is 27.2 Å². The summed E-state index contributed by atoms with van der Waals surface area (Å²) in [6, 6.07) is 2.94. The largest absolute Gasteiger partial charge is 0.475 e. The number of aromatic carboxylic acids is 1. The molecule has 96 valence electrons. The number of furan rings is 1. The lowest BCUT2D eigenvalue weighted by atomic mass is 9.98. The summed E-state index contributed by atoms with van der Waals surface area (Å²) in [6.45, 7) is 5.69. The summed E-state index contributed by atoms with van der Waals surface area (Å²) in [5.41, 5.74) is 1.53. The van der Waals surface area contributed by atoms with E-state index in [1.807, 2.05) is 13.8 Å². The summed E-state index contributed by atoms with van der Waals surface area (Å²) >= 11 is 0. The summed E-state index contributed by atoms with van der Waals surface area (Å²) in [5, 5.41) is 9.45. The van der Waals surface area contributed by atoms with Gasteiger partial charge in [-0.05, 0) is 30.9 Å². The van der Waals surface area contributed by atoms with Crippen LogP contribution in [-0.4, -0.2) is 11.1 Å². The molecule has 0 aliphatic heterocycles. The van der Waals surface area contributed by atoms with Crippen molar-refractivity contribution in [3.05, 3.63) is 34.8 Å². The zero-order valence-corrected chi connectivity index (χ0v) is 10.6. The van der Waals surface area contributed by atoms with Gasteiger partial charge in [0.15, 0.2) is 0 Å². The van der Waals surface area contributed by atoms with Gasteiger partial charge in [-0.2, -0.15) is 0 Å². The Kier molecular flexibility index (Phi) is 3.11. The number of benzene rings is 1. The molecular weight excluding hydrogens is 235 g/mol. The van der Waals surface area contributed by atoms with Crippen molar-refractivity contribution in [2.75, 3.05) is 0 Å². The van der Waals surface area contributed by atoms with Crippen LogP contribution in [-0.2, 0) is 6.42 Å². The molecule has 0 saturated heterocycles. The molecule has 0 saturated carbocycles. The van der Waals surface area contributed by atoms with Gasteiger partial charge in [0, 0.05) is 5.56 Å². The van der Waals surface area contributed by atoms with Gasteiger partial charge in [-0.15, -0.1) is 0 Å². The standard InChI is InChI=1S/C14H15FO3/c1-7(2)6-9-11-10(15)5-4-8(3)12(11)18-13(9)14(16)17/h4-5,7H,6H2,1-3H3,(H,16,17). The quantitative estimate of drug-likeness (QED) is 0.901. The predicted octanol–water partition coefficient (Wildman–Crippen LogP) is 3.78. The Morgan fingerprint density at radius 3 is 2.67 bits per heavy atom. The highest BCUT2D eigenvalue weighted by Gasteiger charge is 2.23. The molecule has 1 heterocycles. The predicted molar refractivity (Wildman–Crippen MR) is 66.4 cm³/mol. The summed E-state index contributed by atoms with van der Waals surface area (Å²) in [5.74, 6) is -1.50. The highest BCUT2D eigenvalue weighted by atomic mass is 19.1. The van der Waals surface area contributed by atoms with Crippen LogP contribution in [0.2, 0.25) is 0 Å². The first-order valence-electron chi connectivity index (χ1n) is 5.85. The first kappa shape index (κ1) is 12.6. The third-order valence-electron chi connectivity index (χ3n) is 2.89. The topological polar surface area (TPSA) is 50.4 Å². The molecule has 2 aromatic rings. The van der Waals surface area contributed by atoms with Gasteiger partial charge in [0.25, 0.3) is 0 Å². The maximum absolute atomic E-state index is 13.9. The average Bonchev–Trinajstić information content (AvgIpc) is 2.63. The maximum Gasteiger partial charge on any atom is 0.372 e. The molecule has 1 aromatic heterocycles. The van der Waals surface area contributed by atoms with Gasteiger partial charge >= 0.3 is 5.97 Å². The number of hydrogen-bond acceptors (Lipinski definition) is 2. The summed E-state index contributed by atoms with van der Waals surface area (Å²) < 4.78 is 19.2. The highest BCUT2D eigenvalue weighted by molar-refractivity contribution is 5.96. The maximum atomic E-state index is 13.9. The van der Waals surface area contributed by atoms with Crippen LogP contribution in [0.1, 0.15) is 35.5 Å². The number of fused-ring (bicyclic) bond motifs is 1. The van der Waals surface area contributed by atoms with E-state index in [4.69, 9.17) is 9.52 Å². The smallest absolute Gasteiger partial charge is 0.372 e. The molecule has 0 atom stereocenters. The van der Waals surface area contributed by atoms with Gasteiger partial charge in [-0.1, -0.05) is 19.9 Å². The van der Waals surface area contributed by atoms with Gasteiger partial charge < -0.3 is 9.52 Å². The van der Waals surface area contributed by atoms with Gasteiger partial charge in [0.05, 0.1) is 5.39 Å². The first-order chi connectivity index (χ1) is 8.41. The number of carboxylic acid groups (broad SMARTS) is 1. The van der Waals surface area contributed by atoms with Gasteiger partial charge in [-0.3, -0.25) is 0 Å². The van der Waals surface area contributed by atoms with Crippen molar-refractivity contribution < 1.29 is 18.7 Å². The molecule has 0 radical (unpaired) electrons. The summed E-state index contributed by atoms with van der Waals surface area (Å²) in [7, 11) is 0. The van der Waals surface area contributed by atoms with E-state index in [1.165, 1.54) is 6.07 Å². The lowest BCUT2D eigenvalue weighted by Crippen LogP contribution is -2.02. The van der Waals surface area contributed by atoms with E-state index >= 15 is 0 Å². The van der Waals surface area contributed by atoms with E-state index in [2.05, 4.69) is 0 Å². The fraction of sp³-hybridized carbons (Fsp3) is 0.357. The molecule has 1 N–H and O–H groups in total. The van der Waals surface area contributed by atoms with E-state index in [9.17, 15) is 9.18 Å². The third kappa shape index (κ3) is 1.98. The lowest BCUT2D eigenvalue weighted by molar-refractivity contribution is 0.0663. The molecule has 0 aliphatic rings. The van der Waals surface area contributed by atoms with E-state index < -0.39 is 11.8 Å². The molecule has 0 bridgehead atoms. The molecule has 0 unspecified atom stereocenters. The van der Waals surface area contributed by atoms with Crippen LogP contribution in [0.25, 0.3) is 11.0 Å². The summed E-state index contributed by atoms with van der Waals surface area (Å²) in [6.07, 6.45) is 0.481. The zero-order chi connectivity index (χ0) is 13.4. The van der Waals surface area contributed by atoms with Crippen molar-refractivity contribution in [3.63, 3.8) is 0 Å². The molecule has 0 fully saturated rings. The minimum absolute atomic E-state index is 0.146. The molecule has 1 aromatic carbocycles. The number of hydrogen-bond donors (Lipinski definition) is 1. The number of carboxylic acids is 1. The SMILES string of the molecule is Cc1ccc(F)c2c(CC(C)C)c(C(=O)O)oc12. The molecule has 0 aliphatic carbocycles. The van der Waals surface area contributed by atoms with Gasteiger partial charge in [0.2, 0.25) is 5.76 Å². The van der Waals surface area contributed by atoms with Crippen molar-refractivity contribution >= 4 is 16.9 Å². The van der Waals surface area contributed by atoms with E-state index in [1.54, 1.807) is 13.0 Å². The molecule has 18 heavy (non-hydrogen) atoms. The van der Waals surface area contributed by atoms with Crippen LogP contribution >= 0.6 is 0 Å². The second-order valence-electron chi connectivity index (χ2n) is 4.88. The Morgan fingerprint density at radius 2 is 2.11 bits per heavy atom. The fourth-order valence-electron chi connectivity index (χ4n) is 2.13. The van der Waals surface area contributed by atoms with E-state index in [0.29, 0.717) is 23.0 Å². The van der Waals surface area contributed by atoms with Crippen LogP contribution in [0.4, 0.5) is 4.39 Å². The summed E-state index contributed by atoms with van der Waals surface area (Å²) in [4.78, 5) is 11.2. The highest BCUT2D eigenvalue weighted by Crippen LogP contribution is 2.32. The zero-order valence-electron chi connectivity index (χ0n) is 10.6. The van der Waals surface area contributed by atoms with Crippen molar-refractivity contribution in [1.29, 1.82) is 0 Å². The Hall–Kier alpha value is -1.84. The van der Waals surface area contributed by atoms with Crippen LogP contribution in [0.3, 0.4) is 0 Å². The Morgan fingerprint density at radius 1 is 1.44 bits per heavy atom. The van der Waals surface area contributed by atoms with Gasteiger partial charge in [-0.25, -0.2) is 9.18 Å². The van der Waals surface area contributed by atoms with E-state index in [0.717, 1.165) is 5.56 Å². The fourth-order valence-corrected chi connectivity index (χ4v) is 2.13. The monoisotopic (exact) mass is 250 g/mol. The molecule has 0 spiro atoms. The second-order valence-corrected chi connectivity index (χ2v) is 4.88. The van der Waals surface area contributed by atoms with Crippen molar-refractivity contribution in [3.8, 4) is 0 Å².